The summed E-state index contributed by atoms with van der Waals surface area (Å²) in [6.45, 7) is 0. The van der Waals surface area contributed by atoms with Crippen LogP contribution in [0.4, 0.5) is 29.3 Å². The van der Waals surface area contributed by atoms with Gasteiger partial charge in [0, 0.05) is 20.0 Å². The maximum absolute atomic E-state index is 13.0. The summed E-state index contributed by atoms with van der Waals surface area (Å²) in [5.74, 6) is -0.00604. The van der Waals surface area contributed by atoms with Crippen molar-refractivity contribution in [3.05, 3.63) is 62.0 Å². The van der Waals surface area contributed by atoms with E-state index in [9.17, 15) is 23.1 Å². The van der Waals surface area contributed by atoms with Gasteiger partial charge in [0.05, 0.1) is 16.3 Å². The Hall–Kier alpha value is -1.97. The average Bonchev–Trinajstić information content (AvgIpc) is 2.59. The molecule has 2 amide bonds. The second kappa shape index (κ2) is 7.81. The van der Waals surface area contributed by atoms with Crippen LogP contribution >= 0.6 is 43.5 Å². The normalized spacial score (nSPS) is 11.5. The van der Waals surface area contributed by atoms with Crippen LogP contribution in [-0.2, 0) is 6.18 Å². The molecule has 0 fully saturated rings. The number of halogens is 6. The molecule has 0 saturated carbocycles. The number of nitrogens with one attached hydrogen (secondary N) is 2. The summed E-state index contributed by atoms with van der Waals surface area (Å²) in [5, 5.41) is 15.5. The van der Waals surface area contributed by atoms with Crippen molar-refractivity contribution in [2.24, 2.45) is 0 Å². The van der Waals surface area contributed by atoms with Gasteiger partial charge in [-0.1, -0.05) is 27.5 Å². The zero-order chi connectivity index (χ0) is 20.6. The molecule has 0 aromatic heterocycles. The van der Waals surface area contributed by atoms with Crippen LogP contribution in [0, 0.1) is 0 Å². The monoisotopic (exact) mass is 536 g/mol. The number of aromatic hydroxyl groups is 1. The summed E-state index contributed by atoms with van der Waals surface area (Å²) < 4.78 is 40.2. The van der Waals surface area contributed by atoms with Gasteiger partial charge in [-0.2, -0.15) is 13.2 Å². The summed E-state index contributed by atoms with van der Waals surface area (Å²) >= 11 is 12.3. The number of amides is 2. The van der Waals surface area contributed by atoms with Gasteiger partial charge >= 0.3 is 12.2 Å². The predicted octanol–water partition coefficient (Wildman–Crippen LogP) is 7.39. The Morgan fingerprint density at radius 1 is 0.964 bits per heavy atom. The highest BCUT2D eigenvalue weighted by molar-refractivity contribution is 9.11. The van der Waals surface area contributed by atoms with E-state index in [2.05, 4.69) is 42.5 Å². The molecule has 0 bridgehead atoms. The van der Waals surface area contributed by atoms with Crippen LogP contribution in [-0.4, -0.2) is 11.1 Å². The molecule has 4 nitrogen and oxygen atoms in total. The highest BCUT2D eigenvalue weighted by Crippen LogP contribution is 2.39. The largest absolute Gasteiger partial charge is 0.508 e. The van der Waals surface area contributed by atoms with E-state index < -0.39 is 22.8 Å². The number of benzene rings is 3. The summed E-state index contributed by atoms with van der Waals surface area (Å²) in [6, 6.07) is 8.64. The molecule has 0 saturated heterocycles. The zero-order valence-electron chi connectivity index (χ0n) is 13.7. The van der Waals surface area contributed by atoms with Crippen LogP contribution < -0.4 is 10.6 Å². The molecule has 0 aliphatic heterocycles. The van der Waals surface area contributed by atoms with Gasteiger partial charge in [-0.25, -0.2) is 4.79 Å². The topological polar surface area (TPSA) is 61.4 Å². The summed E-state index contributed by atoms with van der Waals surface area (Å²) in [6.07, 6.45) is -4.65. The zero-order valence-corrected chi connectivity index (χ0v) is 17.6. The van der Waals surface area contributed by atoms with Gasteiger partial charge in [-0.05, 0) is 63.8 Å². The van der Waals surface area contributed by atoms with Crippen molar-refractivity contribution in [2.45, 2.75) is 6.18 Å². The fourth-order valence-electron chi connectivity index (χ4n) is 2.56. The number of phenols is 1. The van der Waals surface area contributed by atoms with Crippen LogP contribution in [0.15, 0.2) is 51.4 Å². The maximum atomic E-state index is 13.0. The minimum absolute atomic E-state index is 0.00604. The van der Waals surface area contributed by atoms with Crippen LogP contribution in [0.2, 0.25) is 5.02 Å². The van der Waals surface area contributed by atoms with Crippen LogP contribution in [0.3, 0.4) is 0 Å². The molecule has 10 heteroatoms. The second-order valence-electron chi connectivity index (χ2n) is 5.72. The summed E-state index contributed by atoms with van der Waals surface area (Å²) in [4.78, 5) is 12.4. The highest BCUT2D eigenvalue weighted by atomic mass is 79.9. The van der Waals surface area contributed by atoms with E-state index in [-0.39, 0.29) is 11.4 Å². The van der Waals surface area contributed by atoms with Crippen molar-refractivity contribution in [3.8, 4) is 5.75 Å². The lowest BCUT2D eigenvalue weighted by Gasteiger charge is -2.15. The first-order chi connectivity index (χ1) is 13.1. The van der Waals surface area contributed by atoms with Crippen molar-refractivity contribution in [1.29, 1.82) is 0 Å². The Morgan fingerprint density at radius 3 is 2.36 bits per heavy atom. The molecule has 3 aromatic rings. The van der Waals surface area contributed by atoms with E-state index in [1.807, 2.05) is 0 Å². The molecule has 0 heterocycles. The van der Waals surface area contributed by atoms with Gasteiger partial charge in [-0.3, -0.25) is 0 Å². The number of phenolic OH excluding ortho intramolecular Hbond substituents is 1. The highest BCUT2D eigenvalue weighted by Gasteiger charge is 2.33. The molecule has 28 heavy (non-hydrogen) atoms. The van der Waals surface area contributed by atoms with Crippen molar-refractivity contribution in [2.75, 3.05) is 10.6 Å². The number of carbonyl (C=O) groups excluding carboxylic acids is 1. The fourth-order valence-corrected chi connectivity index (χ4v) is 4.21. The number of hydrogen-bond acceptors (Lipinski definition) is 2. The molecule has 0 unspecified atom stereocenters. The Bertz CT molecular complexity index is 1090. The average molecular weight is 539 g/mol. The van der Waals surface area contributed by atoms with E-state index in [4.69, 9.17) is 11.6 Å². The molecule has 3 aromatic carbocycles. The van der Waals surface area contributed by atoms with Crippen LogP contribution in [0.5, 0.6) is 5.75 Å². The lowest BCUT2D eigenvalue weighted by molar-refractivity contribution is -0.137. The Labute approximate surface area is 178 Å². The van der Waals surface area contributed by atoms with E-state index in [1.165, 1.54) is 18.2 Å². The number of hydrogen-bond donors (Lipinski definition) is 3. The van der Waals surface area contributed by atoms with Crippen LogP contribution in [0.1, 0.15) is 5.56 Å². The summed E-state index contributed by atoms with van der Waals surface area (Å²) in [7, 11) is 0. The fraction of sp³-hybridized carbons (Fsp3) is 0.0556. The van der Waals surface area contributed by atoms with E-state index >= 15 is 0 Å². The molecule has 0 radical (unpaired) electrons. The molecular formula is C18H10Br2ClF3N2O2. The molecule has 0 aliphatic rings. The lowest BCUT2D eigenvalue weighted by atomic mass is 10.1. The van der Waals surface area contributed by atoms with Gasteiger partial charge in [0.15, 0.2) is 0 Å². The second-order valence-corrected chi connectivity index (χ2v) is 7.83. The molecule has 0 spiro atoms. The molecule has 0 aliphatic carbocycles. The number of urea groups is 1. The third-order valence-electron chi connectivity index (χ3n) is 3.79. The first-order valence-corrected chi connectivity index (χ1v) is 9.58. The quantitative estimate of drug-likeness (QED) is 0.319. The Balaban J connectivity index is 1.92. The first-order valence-electron chi connectivity index (χ1n) is 7.62. The molecular weight excluding hydrogens is 528 g/mol. The van der Waals surface area contributed by atoms with E-state index in [1.54, 1.807) is 12.1 Å². The number of fused-ring (bicyclic) bond motifs is 1. The molecule has 3 rings (SSSR count). The SMILES string of the molecule is O=C(Nc1ccc(Cl)c(C(F)(F)F)c1)Nc1c(Br)cc(Br)c2ccc(O)cc12. The number of carbonyl (C=O) groups is 1. The van der Waals surface area contributed by atoms with Crippen molar-refractivity contribution in [3.63, 3.8) is 0 Å². The minimum atomic E-state index is -4.65. The first kappa shape index (κ1) is 20.8. The van der Waals surface area contributed by atoms with Crippen molar-refractivity contribution in [1.82, 2.24) is 0 Å². The van der Waals surface area contributed by atoms with Crippen molar-refractivity contribution >= 4 is 71.6 Å². The van der Waals surface area contributed by atoms with Crippen molar-refractivity contribution < 1.29 is 23.1 Å². The van der Waals surface area contributed by atoms with E-state index in [0.717, 1.165) is 22.0 Å². The maximum Gasteiger partial charge on any atom is 0.417 e. The van der Waals surface area contributed by atoms with Gasteiger partial charge in [0.25, 0.3) is 0 Å². The number of alkyl halides is 3. The molecule has 0 atom stereocenters. The minimum Gasteiger partial charge on any atom is -0.508 e. The van der Waals surface area contributed by atoms with Gasteiger partial charge in [-0.15, -0.1) is 0 Å². The van der Waals surface area contributed by atoms with Gasteiger partial charge in [0.1, 0.15) is 5.75 Å². The third kappa shape index (κ3) is 4.37. The standard InChI is InChI=1S/C18H10Br2ClF3N2O2/c19-13-7-14(20)16(11-6-9(27)2-3-10(11)13)26-17(28)25-8-1-4-15(21)12(5-8)18(22,23)24/h1-7,27H,(H2,25,26,28). The smallest absolute Gasteiger partial charge is 0.417 e. The Morgan fingerprint density at radius 2 is 1.68 bits per heavy atom. The number of rotatable bonds is 2. The van der Waals surface area contributed by atoms with Crippen LogP contribution in [0.25, 0.3) is 10.8 Å². The Kier molecular flexibility index (Phi) is 5.79. The molecule has 3 N–H and O–H groups in total. The molecule has 146 valence electrons. The predicted molar refractivity (Wildman–Crippen MR) is 110 cm³/mol. The third-order valence-corrected chi connectivity index (χ3v) is 5.40. The van der Waals surface area contributed by atoms with Gasteiger partial charge < -0.3 is 15.7 Å². The van der Waals surface area contributed by atoms with Gasteiger partial charge in [0.2, 0.25) is 0 Å². The summed E-state index contributed by atoms with van der Waals surface area (Å²) in [5.41, 5.74) is -0.779. The lowest BCUT2D eigenvalue weighted by Crippen LogP contribution is -2.20. The van der Waals surface area contributed by atoms with E-state index in [0.29, 0.717) is 15.5 Å². The number of anilines is 2.